The van der Waals surface area contributed by atoms with E-state index in [1.54, 1.807) is 18.2 Å². The summed E-state index contributed by atoms with van der Waals surface area (Å²) in [6.45, 7) is 5.49. The van der Waals surface area contributed by atoms with Crippen molar-refractivity contribution in [2.24, 2.45) is 0 Å². The van der Waals surface area contributed by atoms with Crippen LogP contribution in [-0.4, -0.2) is 26.4 Å². The van der Waals surface area contributed by atoms with Gasteiger partial charge in [0.15, 0.2) is 5.82 Å². The minimum Gasteiger partial charge on any atom is -0.508 e. The van der Waals surface area contributed by atoms with E-state index in [1.807, 2.05) is 18.4 Å². The Morgan fingerprint density at radius 2 is 2.11 bits per heavy atom. The molecular weight excluding hydrogens is 252 g/mol. The van der Waals surface area contributed by atoms with Crippen molar-refractivity contribution in [3.05, 3.63) is 23.2 Å². The van der Waals surface area contributed by atoms with E-state index in [-0.39, 0.29) is 5.75 Å². The molecule has 0 fully saturated rings. The Hall–Kier alpha value is -1.75. The van der Waals surface area contributed by atoms with Crippen molar-refractivity contribution in [2.75, 3.05) is 11.9 Å². The Balaban J connectivity index is 2.53. The lowest BCUT2D eigenvalue weighted by molar-refractivity contribution is 0.475. The highest BCUT2D eigenvalue weighted by molar-refractivity contribution is 6.33. The molecule has 0 aliphatic carbocycles. The van der Waals surface area contributed by atoms with E-state index >= 15 is 0 Å². The first kappa shape index (κ1) is 12.7. The number of anilines is 1. The largest absolute Gasteiger partial charge is 0.508 e. The van der Waals surface area contributed by atoms with E-state index in [0.29, 0.717) is 22.4 Å². The molecule has 0 radical (unpaired) electrons. The molecule has 0 atom stereocenters. The third-order valence-electron chi connectivity index (χ3n) is 2.59. The van der Waals surface area contributed by atoms with Gasteiger partial charge in [-0.3, -0.25) is 4.57 Å². The third-order valence-corrected chi connectivity index (χ3v) is 2.92. The van der Waals surface area contributed by atoms with Crippen LogP contribution in [-0.2, 0) is 6.54 Å². The maximum Gasteiger partial charge on any atom is 0.224 e. The molecule has 0 aliphatic heterocycles. The number of hydrogen-bond donors (Lipinski definition) is 2. The lowest BCUT2D eigenvalue weighted by Crippen LogP contribution is -2.06. The minimum atomic E-state index is 0.157. The van der Waals surface area contributed by atoms with Crippen LogP contribution in [0.3, 0.4) is 0 Å². The molecule has 1 aromatic carbocycles. The number of phenols is 1. The van der Waals surface area contributed by atoms with E-state index in [9.17, 15) is 5.11 Å². The average molecular weight is 267 g/mol. The monoisotopic (exact) mass is 266 g/mol. The van der Waals surface area contributed by atoms with Crippen molar-refractivity contribution in [1.82, 2.24) is 14.8 Å². The molecule has 1 aromatic heterocycles. The van der Waals surface area contributed by atoms with Crippen LogP contribution in [0.25, 0.3) is 11.4 Å². The van der Waals surface area contributed by atoms with Gasteiger partial charge >= 0.3 is 0 Å². The first-order valence-corrected chi connectivity index (χ1v) is 6.21. The summed E-state index contributed by atoms with van der Waals surface area (Å²) in [5.41, 5.74) is 0.676. The van der Waals surface area contributed by atoms with E-state index in [2.05, 4.69) is 15.5 Å². The Bertz CT molecular complexity index is 553. The summed E-state index contributed by atoms with van der Waals surface area (Å²) in [5, 5.41) is 21.4. The van der Waals surface area contributed by atoms with Crippen LogP contribution < -0.4 is 5.32 Å². The molecule has 0 saturated carbocycles. The Morgan fingerprint density at radius 3 is 2.78 bits per heavy atom. The Morgan fingerprint density at radius 1 is 1.33 bits per heavy atom. The molecule has 0 amide bonds. The molecule has 2 N–H and O–H groups in total. The quantitative estimate of drug-likeness (QED) is 0.893. The van der Waals surface area contributed by atoms with Crippen molar-refractivity contribution in [2.45, 2.75) is 20.4 Å². The van der Waals surface area contributed by atoms with Crippen LogP contribution in [0, 0.1) is 0 Å². The van der Waals surface area contributed by atoms with Gasteiger partial charge in [-0.25, -0.2) is 0 Å². The Kier molecular flexibility index (Phi) is 3.72. The lowest BCUT2D eigenvalue weighted by atomic mass is 10.2. The van der Waals surface area contributed by atoms with Crippen LogP contribution in [0.5, 0.6) is 5.75 Å². The van der Waals surface area contributed by atoms with Gasteiger partial charge in [0.05, 0.1) is 5.02 Å². The van der Waals surface area contributed by atoms with Gasteiger partial charge in [-0.2, -0.15) is 0 Å². The summed E-state index contributed by atoms with van der Waals surface area (Å²) in [6.07, 6.45) is 0. The normalized spacial score (nSPS) is 10.6. The summed E-state index contributed by atoms with van der Waals surface area (Å²) in [4.78, 5) is 0. The zero-order chi connectivity index (χ0) is 13.1. The number of benzene rings is 1. The standard InChI is InChI=1S/C12H15ClN4O/c1-3-14-12-16-15-11(17(12)4-2)9-7-8(18)5-6-10(9)13/h5-7,18H,3-4H2,1-2H3,(H,14,16). The number of aromatic hydroxyl groups is 1. The second-order valence-corrected chi connectivity index (χ2v) is 4.19. The number of halogens is 1. The van der Waals surface area contributed by atoms with Crippen molar-refractivity contribution in [1.29, 1.82) is 0 Å². The van der Waals surface area contributed by atoms with Crippen LogP contribution in [0.4, 0.5) is 5.95 Å². The molecule has 0 bridgehead atoms. The predicted octanol–water partition coefficient (Wildman–Crippen LogP) is 2.76. The second-order valence-electron chi connectivity index (χ2n) is 3.79. The number of hydrogen-bond acceptors (Lipinski definition) is 4. The van der Waals surface area contributed by atoms with Gasteiger partial charge in [-0.05, 0) is 32.0 Å². The Labute approximate surface area is 110 Å². The van der Waals surface area contributed by atoms with Gasteiger partial charge < -0.3 is 10.4 Å². The fourth-order valence-corrected chi connectivity index (χ4v) is 1.98. The topological polar surface area (TPSA) is 63.0 Å². The van der Waals surface area contributed by atoms with E-state index in [0.717, 1.165) is 13.1 Å². The van der Waals surface area contributed by atoms with Crippen LogP contribution in [0.2, 0.25) is 5.02 Å². The number of rotatable bonds is 4. The molecule has 18 heavy (non-hydrogen) atoms. The van der Waals surface area contributed by atoms with Crippen LogP contribution >= 0.6 is 11.6 Å². The number of aromatic nitrogens is 3. The minimum absolute atomic E-state index is 0.157. The molecule has 96 valence electrons. The van der Waals surface area contributed by atoms with Crippen molar-refractivity contribution in [3.63, 3.8) is 0 Å². The predicted molar refractivity (Wildman–Crippen MR) is 72.0 cm³/mol. The molecule has 2 rings (SSSR count). The van der Waals surface area contributed by atoms with Crippen molar-refractivity contribution in [3.8, 4) is 17.1 Å². The molecule has 0 unspecified atom stereocenters. The first-order chi connectivity index (χ1) is 8.67. The zero-order valence-electron chi connectivity index (χ0n) is 10.3. The van der Waals surface area contributed by atoms with Crippen LogP contribution in [0.1, 0.15) is 13.8 Å². The van der Waals surface area contributed by atoms with Crippen LogP contribution in [0.15, 0.2) is 18.2 Å². The molecule has 2 aromatic rings. The van der Waals surface area contributed by atoms with E-state index < -0.39 is 0 Å². The molecule has 5 nitrogen and oxygen atoms in total. The average Bonchev–Trinajstić information content (AvgIpc) is 2.75. The van der Waals surface area contributed by atoms with Gasteiger partial charge in [0.1, 0.15) is 5.75 Å². The third kappa shape index (κ3) is 2.26. The highest BCUT2D eigenvalue weighted by atomic mass is 35.5. The van der Waals surface area contributed by atoms with Gasteiger partial charge in [0.25, 0.3) is 0 Å². The summed E-state index contributed by atoms with van der Waals surface area (Å²) < 4.78 is 1.92. The molecule has 1 heterocycles. The van der Waals surface area contributed by atoms with E-state index in [4.69, 9.17) is 11.6 Å². The lowest BCUT2D eigenvalue weighted by Gasteiger charge is -2.09. The molecular formula is C12H15ClN4O. The van der Waals surface area contributed by atoms with Gasteiger partial charge in [0, 0.05) is 18.7 Å². The van der Waals surface area contributed by atoms with E-state index in [1.165, 1.54) is 0 Å². The van der Waals surface area contributed by atoms with Gasteiger partial charge in [-0.1, -0.05) is 11.6 Å². The summed E-state index contributed by atoms with van der Waals surface area (Å²) >= 11 is 6.13. The molecule has 0 aliphatic rings. The smallest absolute Gasteiger partial charge is 0.224 e. The molecule has 6 heteroatoms. The fourth-order valence-electron chi connectivity index (χ4n) is 1.78. The summed E-state index contributed by atoms with van der Waals surface area (Å²) in [6, 6.07) is 4.78. The maximum absolute atomic E-state index is 9.54. The summed E-state index contributed by atoms with van der Waals surface area (Å²) in [7, 11) is 0. The number of nitrogens with zero attached hydrogens (tertiary/aromatic N) is 3. The highest BCUT2D eigenvalue weighted by Crippen LogP contribution is 2.31. The van der Waals surface area contributed by atoms with Crippen molar-refractivity contribution >= 4 is 17.5 Å². The van der Waals surface area contributed by atoms with Crippen molar-refractivity contribution < 1.29 is 5.11 Å². The number of nitrogens with one attached hydrogen (secondary N) is 1. The molecule has 0 saturated heterocycles. The zero-order valence-corrected chi connectivity index (χ0v) is 11.1. The van der Waals surface area contributed by atoms with Gasteiger partial charge in [0.2, 0.25) is 5.95 Å². The highest BCUT2D eigenvalue weighted by Gasteiger charge is 2.15. The SMILES string of the molecule is CCNc1nnc(-c2cc(O)ccc2Cl)n1CC. The first-order valence-electron chi connectivity index (χ1n) is 5.83. The number of phenolic OH excluding ortho intramolecular Hbond substituents is 1. The molecule has 0 spiro atoms. The maximum atomic E-state index is 9.54. The second kappa shape index (κ2) is 5.27. The summed E-state index contributed by atoms with van der Waals surface area (Å²) in [5.74, 6) is 1.51. The van der Waals surface area contributed by atoms with Gasteiger partial charge in [-0.15, -0.1) is 10.2 Å². The fraction of sp³-hybridized carbons (Fsp3) is 0.333.